The van der Waals surface area contributed by atoms with Crippen molar-refractivity contribution in [1.29, 1.82) is 0 Å². The lowest BCUT2D eigenvalue weighted by molar-refractivity contribution is 0.0776. The van der Waals surface area contributed by atoms with Crippen LogP contribution in [-0.2, 0) is 19.4 Å². The zero-order valence-electron chi connectivity index (χ0n) is 15.0. The maximum absolute atomic E-state index is 13.9. The lowest BCUT2D eigenvalue weighted by Crippen LogP contribution is -2.28. The summed E-state index contributed by atoms with van der Waals surface area (Å²) in [4.78, 5) is 14.4. The van der Waals surface area contributed by atoms with Crippen molar-refractivity contribution < 1.29 is 13.6 Å². The Morgan fingerprint density at radius 2 is 1.93 bits per heavy atom. The maximum Gasteiger partial charge on any atom is 0.274 e. The molecule has 0 aliphatic heterocycles. The summed E-state index contributed by atoms with van der Waals surface area (Å²) in [7, 11) is 1.61. The number of carbonyl (C=O) groups excluding carboxylic acids is 1. The average Bonchev–Trinajstić information content (AvgIpc) is 3.26. The van der Waals surface area contributed by atoms with Crippen LogP contribution >= 0.6 is 0 Å². The molecule has 138 valence electrons. The van der Waals surface area contributed by atoms with Gasteiger partial charge in [0.25, 0.3) is 5.91 Å². The Balaban J connectivity index is 1.64. The number of fused-ring (bicyclic) bond motifs is 1. The van der Waals surface area contributed by atoms with E-state index in [-0.39, 0.29) is 18.0 Å². The molecule has 1 amide bonds. The van der Waals surface area contributed by atoms with E-state index in [1.165, 1.54) is 17.0 Å². The van der Waals surface area contributed by atoms with Gasteiger partial charge >= 0.3 is 0 Å². The molecule has 1 aromatic heterocycles. The molecule has 0 atom stereocenters. The standard InChI is InChI=1S/C21H19F2N3O/c1-25(13-14-10-11-15(22)12-18(14)23)21(27)20-17-8-5-9-19(17)26(24-20)16-6-3-2-4-7-16/h2-4,6-7,10-12H,5,8-9,13H2,1H3. The van der Waals surface area contributed by atoms with Gasteiger partial charge in [0.15, 0.2) is 5.69 Å². The number of para-hydroxylation sites is 1. The molecule has 2 aromatic carbocycles. The van der Waals surface area contributed by atoms with Crippen LogP contribution in [0, 0.1) is 11.6 Å². The van der Waals surface area contributed by atoms with Gasteiger partial charge in [-0.05, 0) is 37.5 Å². The quantitative estimate of drug-likeness (QED) is 0.701. The first-order valence-electron chi connectivity index (χ1n) is 8.90. The fraction of sp³-hybridized carbons (Fsp3) is 0.238. The fourth-order valence-corrected chi connectivity index (χ4v) is 3.55. The molecular weight excluding hydrogens is 348 g/mol. The molecule has 0 saturated heterocycles. The van der Waals surface area contributed by atoms with Gasteiger partial charge in [-0.1, -0.05) is 24.3 Å². The van der Waals surface area contributed by atoms with Crippen LogP contribution in [0.15, 0.2) is 48.5 Å². The summed E-state index contributed by atoms with van der Waals surface area (Å²) >= 11 is 0. The van der Waals surface area contributed by atoms with Gasteiger partial charge < -0.3 is 4.90 Å². The number of aromatic nitrogens is 2. The molecule has 1 heterocycles. The second-order valence-corrected chi connectivity index (χ2v) is 6.77. The summed E-state index contributed by atoms with van der Waals surface area (Å²) in [6.45, 7) is 0.0535. The van der Waals surface area contributed by atoms with Gasteiger partial charge in [-0.15, -0.1) is 0 Å². The number of halogens is 2. The van der Waals surface area contributed by atoms with Crippen molar-refractivity contribution >= 4 is 5.91 Å². The van der Waals surface area contributed by atoms with Gasteiger partial charge in [-0.3, -0.25) is 4.79 Å². The third-order valence-electron chi connectivity index (χ3n) is 4.90. The molecule has 6 heteroatoms. The molecule has 27 heavy (non-hydrogen) atoms. The van der Waals surface area contributed by atoms with Crippen molar-refractivity contribution in [2.75, 3.05) is 7.05 Å². The predicted molar refractivity (Wildman–Crippen MR) is 97.7 cm³/mol. The largest absolute Gasteiger partial charge is 0.336 e. The normalized spacial score (nSPS) is 12.9. The SMILES string of the molecule is CN(Cc1ccc(F)cc1F)C(=O)c1nn(-c2ccccc2)c2c1CCC2. The van der Waals surface area contributed by atoms with Crippen molar-refractivity contribution in [3.8, 4) is 5.69 Å². The molecule has 0 N–H and O–H groups in total. The van der Waals surface area contributed by atoms with E-state index >= 15 is 0 Å². The summed E-state index contributed by atoms with van der Waals surface area (Å²) in [6.07, 6.45) is 2.67. The predicted octanol–water partition coefficient (Wildman–Crippen LogP) is 3.91. The average molecular weight is 367 g/mol. The highest BCUT2D eigenvalue weighted by Gasteiger charge is 2.28. The molecule has 0 bridgehead atoms. The van der Waals surface area contributed by atoms with Crippen LogP contribution in [0.4, 0.5) is 8.78 Å². The molecule has 0 spiro atoms. The molecule has 4 rings (SSSR count). The lowest BCUT2D eigenvalue weighted by Gasteiger charge is -2.17. The number of nitrogens with zero attached hydrogens (tertiary/aromatic N) is 3. The first kappa shape index (κ1) is 17.4. The summed E-state index contributed by atoms with van der Waals surface area (Å²) < 4.78 is 28.8. The minimum absolute atomic E-state index is 0.0535. The molecule has 0 saturated carbocycles. The summed E-state index contributed by atoms with van der Waals surface area (Å²) in [5.74, 6) is -1.55. The summed E-state index contributed by atoms with van der Waals surface area (Å²) in [6, 6.07) is 13.1. The molecule has 0 radical (unpaired) electrons. The van der Waals surface area contributed by atoms with Crippen molar-refractivity contribution in [1.82, 2.24) is 14.7 Å². The van der Waals surface area contributed by atoms with Crippen molar-refractivity contribution in [3.05, 3.63) is 82.7 Å². The van der Waals surface area contributed by atoms with Crippen LogP contribution in [0.1, 0.15) is 33.7 Å². The Morgan fingerprint density at radius 3 is 2.67 bits per heavy atom. The zero-order valence-corrected chi connectivity index (χ0v) is 15.0. The Bertz CT molecular complexity index is 998. The molecule has 0 fully saturated rings. The summed E-state index contributed by atoms with van der Waals surface area (Å²) in [5.41, 5.74) is 3.63. The van der Waals surface area contributed by atoms with Gasteiger partial charge in [0.05, 0.1) is 5.69 Å². The molecule has 0 unspecified atom stereocenters. The molecule has 4 nitrogen and oxygen atoms in total. The van der Waals surface area contributed by atoms with Gasteiger partial charge in [0.2, 0.25) is 0 Å². The highest BCUT2D eigenvalue weighted by Crippen LogP contribution is 2.28. The topological polar surface area (TPSA) is 38.1 Å². The zero-order chi connectivity index (χ0) is 19.0. The highest BCUT2D eigenvalue weighted by atomic mass is 19.1. The maximum atomic E-state index is 13.9. The third-order valence-corrected chi connectivity index (χ3v) is 4.90. The van der Waals surface area contributed by atoms with Crippen LogP contribution < -0.4 is 0 Å². The van der Waals surface area contributed by atoms with Gasteiger partial charge in [0, 0.05) is 36.5 Å². The van der Waals surface area contributed by atoms with E-state index in [4.69, 9.17) is 0 Å². The summed E-state index contributed by atoms with van der Waals surface area (Å²) in [5, 5.41) is 4.57. The van der Waals surface area contributed by atoms with Gasteiger partial charge in [-0.2, -0.15) is 5.10 Å². The van der Waals surface area contributed by atoms with Crippen LogP contribution in [0.25, 0.3) is 5.69 Å². The van der Waals surface area contributed by atoms with E-state index in [1.807, 2.05) is 35.0 Å². The van der Waals surface area contributed by atoms with Crippen LogP contribution in [0.2, 0.25) is 0 Å². The Kier molecular flexibility index (Phi) is 4.48. The molecule has 1 aliphatic rings. The molecule has 1 aliphatic carbocycles. The first-order chi connectivity index (χ1) is 13.0. The third kappa shape index (κ3) is 3.23. The number of hydrogen-bond donors (Lipinski definition) is 0. The molecular formula is C21H19F2N3O. The van der Waals surface area contributed by atoms with Crippen LogP contribution in [0.5, 0.6) is 0 Å². The van der Waals surface area contributed by atoms with E-state index < -0.39 is 11.6 Å². The monoisotopic (exact) mass is 367 g/mol. The number of amides is 1. The Hall–Kier alpha value is -3.02. The van der Waals surface area contributed by atoms with E-state index in [0.717, 1.165) is 42.3 Å². The Labute approximate surface area is 156 Å². The van der Waals surface area contributed by atoms with E-state index in [9.17, 15) is 13.6 Å². The second kappa shape index (κ2) is 6.95. The minimum atomic E-state index is -0.658. The number of rotatable bonds is 4. The van der Waals surface area contributed by atoms with Crippen molar-refractivity contribution in [3.63, 3.8) is 0 Å². The van der Waals surface area contributed by atoms with Crippen molar-refractivity contribution in [2.24, 2.45) is 0 Å². The van der Waals surface area contributed by atoms with E-state index in [0.29, 0.717) is 5.69 Å². The molecule has 3 aromatic rings. The van der Waals surface area contributed by atoms with Gasteiger partial charge in [0.1, 0.15) is 11.6 Å². The highest BCUT2D eigenvalue weighted by molar-refractivity contribution is 5.94. The smallest absolute Gasteiger partial charge is 0.274 e. The fourth-order valence-electron chi connectivity index (χ4n) is 3.55. The lowest BCUT2D eigenvalue weighted by atomic mass is 10.1. The Morgan fingerprint density at radius 1 is 1.15 bits per heavy atom. The van der Waals surface area contributed by atoms with Gasteiger partial charge in [-0.25, -0.2) is 13.5 Å². The van der Waals surface area contributed by atoms with Crippen LogP contribution in [0.3, 0.4) is 0 Å². The second-order valence-electron chi connectivity index (χ2n) is 6.77. The van der Waals surface area contributed by atoms with Crippen molar-refractivity contribution in [2.45, 2.75) is 25.8 Å². The van der Waals surface area contributed by atoms with E-state index in [1.54, 1.807) is 7.05 Å². The first-order valence-corrected chi connectivity index (χ1v) is 8.90. The number of benzene rings is 2. The number of carbonyl (C=O) groups is 1. The van der Waals surface area contributed by atoms with Crippen LogP contribution in [-0.4, -0.2) is 27.6 Å². The number of hydrogen-bond acceptors (Lipinski definition) is 2. The minimum Gasteiger partial charge on any atom is -0.336 e. The van der Waals surface area contributed by atoms with E-state index in [2.05, 4.69) is 5.10 Å².